The van der Waals surface area contributed by atoms with Gasteiger partial charge in [0.2, 0.25) is 0 Å². The normalized spacial score (nSPS) is 35.8. The third kappa shape index (κ3) is 3.12. The molecule has 130 valence electrons. The van der Waals surface area contributed by atoms with E-state index in [-0.39, 0.29) is 31.2 Å². The molecule has 0 spiro atoms. The molecule has 3 heterocycles. The summed E-state index contributed by atoms with van der Waals surface area (Å²) in [6.07, 6.45) is -1.17. The first-order chi connectivity index (χ1) is 11.6. The molecule has 0 bridgehead atoms. The molecule has 0 amide bonds. The molecule has 1 aromatic rings. The van der Waals surface area contributed by atoms with Crippen LogP contribution in [0.1, 0.15) is 19.4 Å². The van der Waals surface area contributed by atoms with Crippen LogP contribution in [0.25, 0.3) is 0 Å². The predicted octanol–water partition coefficient (Wildman–Crippen LogP) is 1.81. The van der Waals surface area contributed by atoms with Crippen LogP contribution >= 0.6 is 0 Å². The largest absolute Gasteiger partial charge is 0.468 e. The molecule has 3 aliphatic heterocycles. The lowest BCUT2D eigenvalue weighted by Gasteiger charge is -2.22. The van der Waals surface area contributed by atoms with E-state index in [0.717, 1.165) is 5.56 Å². The number of hydrogen-bond donors (Lipinski definition) is 0. The Morgan fingerprint density at radius 1 is 1.17 bits per heavy atom. The molecule has 1 aromatic carbocycles. The summed E-state index contributed by atoms with van der Waals surface area (Å²) < 4.78 is 28.6. The van der Waals surface area contributed by atoms with Gasteiger partial charge in [-0.1, -0.05) is 30.3 Å². The number of fused-ring (bicyclic) bond motifs is 1. The maximum atomic E-state index is 5.91. The molecule has 0 N–H and O–H groups in total. The van der Waals surface area contributed by atoms with E-state index < -0.39 is 5.79 Å². The Morgan fingerprint density at radius 2 is 2.00 bits per heavy atom. The second kappa shape index (κ2) is 6.33. The van der Waals surface area contributed by atoms with Gasteiger partial charge in [0.05, 0.1) is 6.61 Å². The van der Waals surface area contributed by atoms with Crippen molar-refractivity contribution < 1.29 is 28.5 Å². The number of benzene rings is 1. The SMILES string of the molecule is CC1(C)OCC([C@@H]2O/C(=N\OCc3ccccc3)[C@H]3OCO[C@H]32)O1. The summed E-state index contributed by atoms with van der Waals surface area (Å²) in [5, 5.41) is 4.11. The number of rotatable bonds is 4. The Bertz CT molecular complexity index is 604. The van der Waals surface area contributed by atoms with Gasteiger partial charge in [0.25, 0.3) is 5.90 Å². The summed E-state index contributed by atoms with van der Waals surface area (Å²) in [7, 11) is 0. The van der Waals surface area contributed by atoms with Crippen molar-refractivity contribution in [3.8, 4) is 0 Å². The average Bonchev–Trinajstić information content (AvgIpc) is 3.24. The van der Waals surface area contributed by atoms with Gasteiger partial charge in [-0.25, -0.2) is 0 Å². The molecule has 7 nitrogen and oxygen atoms in total. The topological polar surface area (TPSA) is 67.7 Å². The minimum atomic E-state index is -0.618. The summed E-state index contributed by atoms with van der Waals surface area (Å²) in [5.74, 6) is -0.223. The smallest absolute Gasteiger partial charge is 0.258 e. The second-order valence-corrected chi connectivity index (χ2v) is 6.47. The van der Waals surface area contributed by atoms with Crippen LogP contribution in [0.15, 0.2) is 35.5 Å². The van der Waals surface area contributed by atoms with Crippen LogP contribution in [-0.2, 0) is 35.1 Å². The molecular formula is C17H21NO6. The van der Waals surface area contributed by atoms with Crippen LogP contribution in [0.4, 0.5) is 0 Å². The van der Waals surface area contributed by atoms with Crippen molar-refractivity contribution in [3.05, 3.63) is 35.9 Å². The Labute approximate surface area is 140 Å². The second-order valence-electron chi connectivity index (χ2n) is 6.47. The van der Waals surface area contributed by atoms with Gasteiger partial charge in [0, 0.05) is 0 Å². The molecular weight excluding hydrogens is 314 g/mol. The lowest BCUT2D eigenvalue weighted by Crippen LogP contribution is -2.39. The fourth-order valence-corrected chi connectivity index (χ4v) is 3.11. The Hall–Kier alpha value is -1.67. The maximum Gasteiger partial charge on any atom is 0.258 e. The molecule has 4 rings (SSSR count). The lowest BCUT2D eigenvalue weighted by molar-refractivity contribution is -0.155. The molecule has 0 aromatic heterocycles. The van der Waals surface area contributed by atoms with Gasteiger partial charge >= 0.3 is 0 Å². The fourth-order valence-electron chi connectivity index (χ4n) is 3.11. The maximum absolute atomic E-state index is 5.91. The molecule has 0 aliphatic carbocycles. The molecule has 3 fully saturated rings. The van der Waals surface area contributed by atoms with Crippen LogP contribution in [0.2, 0.25) is 0 Å². The van der Waals surface area contributed by atoms with Crippen LogP contribution < -0.4 is 0 Å². The first-order valence-electron chi connectivity index (χ1n) is 8.08. The van der Waals surface area contributed by atoms with Crippen LogP contribution in [0, 0.1) is 0 Å². The zero-order chi connectivity index (χ0) is 16.6. The molecule has 1 unspecified atom stereocenters. The van der Waals surface area contributed by atoms with E-state index in [9.17, 15) is 0 Å². The van der Waals surface area contributed by atoms with E-state index in [2.05, 4.69) is 5.16 Å². The van der Waals surface area contributed by atoms with Crippen molar-refractivity contribution in [2.45, 2.75) is 50.7 Å². The first-order valence-corrected chi connectivity index (χ1v) is 8.08. The number of oxime groups is 1. The van der Waals surface area contributed by atoms with Gasteiger partial charge in [-0.2, -0.15) is 0 Å². The number of nitrogens with zero attached hydrogens (tertiary/aromatic N) is 1. The van der Waals surface area contributed by atoms with Crippen molar-refractivity contribution in [1.29, 1.82) is 0 Å². The fraction of sp³-hybridized carbons (Fsp3) is 0.588. The average molecular weight is 335 g/mol. The van der Waals surface area contributed by atoms with Gasteiger partial charge in [-0.15, -0.1) is 0 Å². The first kappa shape index (κ1) is 15.8. The highest BCUT2D eigenvalue weighted by molar-refractivity contribution is 5.83. The Kier molecular flexibility index (Phi) is 4.17. The number of hydrogen-bond acceptors (Lipinski definition) is 7. The zero-order valence-electron chi connectivity index (χ0n) is 13.7. The van der Waals surface area contributed by atoms with Crippen molar-refractivity contribution in [2.24, 2.45) is 5.16 Å². The van der Waals surface area contributed by atoms with E-state index in [0.29, 0.717) is 19.1 Å². The van der Waals surface area contributed by atoms with E-state index in [1.54, 1.807) is 0 Å². The molecule has 0 radical (unpaired) electrons. The summed E-state index contributed by atoms with van der Waals surface area (Å²) in [4.78, 5) is 5.42. The molecule has 3 saturated heterocycles. The van der Waals surface area contributed by atoms with Crippen molar-refractivity contribution >= 4 is 5.90 Å². The van der Waals surface area contributed by atoms with Gasteiger partial charge in [-0.05, 0) is 24.6 Å². The summed E-state index contributed by atoms with van der Waals surface area (Å²) in [6.45, 7) is 4.78. The van der Waals surface area contributed by atoms with Crippen molar-refractivity contribution in [2.75, 3.05) is 13.4 Å². The third-order valence-electron chi connectivity index (χ3n) is 4.26. The van der Waals surface area contributed by atoms with Crippen molar-refractivity contribution in [3.63, 3.8) is 0 Å². The highest BCUT2D eigenvalue weighted by Crippen LogP contribution is 2.35. The quantitative estimate of drug-likeness (QED) is 0.782. The third-order valence-corrected chi connectivity index (χ3v) is 4.26. The summed E-state index contributed by atoms with van der Waals surface area (Å²) in [6, 6.07) is 9.82. The van der Waals surface area contributed by atoms with E-state index in [1.165, 1.54) is 0 Å². The standard InChI is InChI=1S/C17H21NO6/c1-17(2)21-9-12(24-17)13-14-15(20-10-19-14)16(23-13)18-22-8-11-6-4-3-5-7-11/h3-7,12-15H,8-10H2,1-2H3/b18-16-/t12?,13-,14-,15-/m0/s1. The molecule has 3 aliphatic rings. The molecule has 7 heteroatoms. The zero-order valence-corrected chi connectivity index (χ0v) is 13.7. The number of ether oxygens (including phenoxy) is 5. The predicted molar refractivity (Wildman–Crippen MR) is 83.1 cm³/mol. The highest BCUT2D eigenvalue weighted by Gasteiger charge is 2.55. The summed E-state index contributed by atoms with van der Waals surface area (Å²) in [5.41, 5.74) is 1.03. The van der Waals surface area contributed by atoms with E-state index >= 15 is 0 Å². The van der Waals surface area contributed by atoms with Gasteiger partial charge in [0.15, 0.2) is 18.0 Å². The van der Waals surface area contributed by atoms with Gasteiger partial charge in [0.1, 0.15) is 25.6 Å². The minimum absolute atomic E-state index is 0.212. The monoisotopic (exact) mass is 335 g/mol. The molecule has 24 heavy (non-hydrogen) atoms. The molecule has 0 saturated carbocycles. The van der Waals surface area contributed by atoms with Gasteiger partial charge in [-0.3, -0.25) is 0 Å². The van der Waals surface area contributed by atoms with E-state index in [4.69, 9.17) is 28.5 Å². The summed E-state index contributed by atoms with van der Waals surface area (Å²) >= 11 is 0. The van der Waals surface area contributed by atoms with E-state index in [1.807, 2.05) is 44.2 Å². The van der Waals surface area contributed by atoms with Crippen LogP contribution in [0.3, 0.4) is 0 Å². The van der Waals surface area contributed by atoms with Crippen molar-refractivity contribution in [1.82, 2.24) is 0 Å². The molecule has 4 atom stereocenters. The Balaban J connectivity index is 1.42. The van der Waals surface area contributed by atoms with Gasteiger partial charge < -0.3 is 28.5 Å². The Morgan fingerprint density at radius 3 is 2.75 bits per heavy atom. The highest BCUT2D eigenvalue weighted by atomic mass is 16.8. The minimum Gasteiger partial charge on any atom is -0.468 e. The van der Waals surface area contributed by atoms with Crippen LogP contribution in [0.5, 0.6) is 0 Å². The lowest BCUT2D eigenvalue weighted by atomic mass is 10.1. The van der Waals surface area contributed by atoms with Crippen LogP contribution in [-0.4, -0.2) is 49.5 Å².